The van der Waals surface area contributed by atoms with E-state index in [1.807, 2.05) is 6.07 Å². The number of nitrogens with one attached hydrogen (secondary N) is 1. The van der Waals surface area contributed by atoms with Crippen LogP contribution in [-0.4, -0.2) is 4.98 Å². The summed E-state index contributed by atoms with van der Waals surface area (Å²) in [6, 6.07) is 16.8. The van der Waals surface area contributed by atoms with Crippen LogP contribution < -0.4 is 0 Å². The average molecular weight is 243 g/mol. The highest BCUT2D eigenvalue weighted by Crippen LogP contribution is 2.26. The first-order valence-corrected chi connectivity index (χ1v) is 6.24. The van der Waals surface area contributed by atoms with Crippen LogP contribution in [-0.2, 0) is 0 Å². The summed E-state index contributed by atoms with van der Waals surface area (Å²) in [7, 11) is 0. The molecule has 0 saturated carbocycles. The Morgan fingerprint density at radius 2 is 1.75 bits per heavy atom. The van der Waals surface area contributed by atoms with E-state index in [1.165, 1.54) is 15.8 Å². The topological polar surface area (TPSA) is 15.8 Å². The number of aromatic nitrogens is 1. The van der Waals surface area contributed by atoms with Crippen molar-refractivity contribution in [2.75, 3.05) is 0 Å². The number of fused-ring (bicyclic) bond motifs is 1. The Hall–Kier alpha value is -1.45. The zero-order valence-corrected chi connectivity index (χ0v) is 10.1. The first-order valence-electron chi connectivity index (χ1n) is 5.01. The molecule has 1 N–H and O–H groups in total. The predicted octanol–water partition coefficient (Wildman–Crippen LogP) is 4.63. The predicted molar refractivity (Wildman–Crippen MR) is 72.4 cm³/mol. The van der Waals surface area contributed by atoms with Gasteiger partial charge in [-0.15, -0.1) is 11.3 Å². The summed E-state index contributed by atoms with van der Waals surface area (Å²) in [5, 5.41) is 0. The summed E-state index contributed by atoms with van der Waals surface area (Å²) in [5.74, 6) is 0. The lowest BCUT2D eigenvalue weighted by Crippen LogP contribution is -1.76. The minimum atomic E-state index is 0.834. The molecule has 1 aromatic heterocycles. The van der Waals surface area contributed by atoms with Crippen molar-refractivity contribution in [1.82, 2.24) is 4.98 Å². The van der Waals surface area contributed by atoms with E-state index in [2.05, 4.69) is 47.4 Å². The maximum Gasteiger partial charge on any atom is 0.159 e. The molecule has 0 aliphatic rings. The molecule has 3 rings (SSSR count). The van der Waals surface area contributed by atoms with Gasteiger partial charge in [-0.2, -0.15) is 0 Å². The molecule has 0 spiro atoms. The fraction of sp³-hybridized carbons (Fsp3) is 0. The number of hydrogen-bond acceptors (Lipinski definition) is 2. The summed E-state index contributed by atoms with van der Waals surface area (Å²) in [4.78, 5) is 3.20. The van der Waals surface area contributed by atoms with Crippen LogP contribution in [0.15, 0.2) is 48.5 Å². The highest BCUT2D eigenvalue weighted by Gasteiger charge is 2.00. The molecule has 0 bridgehead atoms. The molecule has 1 heterocycles. The van der Waals surface area contributed by atoms with Gasteiger partial charge in [0.05, 0.1) is 10.2 Å². The third-order valence-corrected chi connectivity index (χ3v) is 3.74. The van der Waals surface area contributed by atoms with Gasteiger partial charge in [-0.3, -0.25) is 0 Å². The Kier molecular flexibility index (Phi) is 2.35. The molecule has 3 heteroatoms. The first-order chi connectivity index (χ1) is 7.83. The number of thiazole rings is 1. The second-order valence-electron chi connectivity index (χ2n) is 3.59. The molecule has 1 nitrogen and oxygen atoms in total. The van der Waals surface area contributed by atoms with E-state index in [9.17, 15) is 0 Å². The van der Waals surface area contributed by atoms with Crippen LogP contribution in [0.2, 0.25) is 0 Å². The van der Waals surface area contributed by atoms with Crippen molar-refractivity contribution in [3.8, 4) is 11.1 Å². The van der Waals surface area contributed by atoms with Crippen LogP contribution in [0.3, 0.4) is 0 Å². The smallest absolute Gasteiger partial charge is 0.159 e. The van der Waals surface area contributed by atoms with Gasteiger partial charge in [0.1, 0.15) is 0 Å². The van der Waals surface area contributed by atoms with Crippen LogP contribution in [0, 0.1) is 3.95 Å². The van der Waals surface area contributed by atoms with Gasteiger partial charge in [0.25, 0.3) is 0 Å². The van der Waals surface area contributed by atoms with Crippen LogP contribution in [0.1, 0.15) is 0 Å². The van der Waals surface area contributed by atoms with Crippen molar-refractivity contribution < 1.29 is 0 Å². The first kappa shape index (κ1) is 9.75. The molecule has 78 valence electrons. The average Bonchev–Trinajstić information content (AvgIpc) is 2.69. The van der Waals surface area contributed by atoms with Crippen molar-refractivity contribution in [1.29, 1.82) is 0 Å². The number of aromatic amines is 1. The highest BCUT2D eigenvalue weighted by atomic mass is 32.1. The molecular weight excluding hydrogens is 234 g/mol. The maximum absolute atomic E-state index is 5.14. The third kappa shape index (κ3) is 1.68. The molecule has 0 aliphatic carbocycles. The van der Waals surface area contributed by atoms with Crippen molar-refractivity contribution in [2.24, 2.45) is 0 Å². The summed E-state index contributed by atoms with van der Waals surface area (Å²) in [6.07, 6.45) is 0. The molecule has 3 aromatic rings. The van der Waals surface area contributed by atoms with Crippen LogP contribution in [0.5, 0.6) is 0 Å². The highest BCUT2D eigenvalue weighted by molar-refractivity contribution is 7.73. The van der Waals surface area contributed by atoms with E-state index in [-0.39, 0.29) is 0 Å². The fourth-order valence-corrected chi connectivity index (χ4v) is 2.86. The fourth-order valence-electron chi connectivity index (χ4n) is 1.76. The van der Waals surface area contributed by atoms with Crippen LogP contribution >= 0.6 is 23.6 Å². The second-order valence-corrected chi connectivity index (χ2v) is 5.31. The van der Waals surface area contributed by atoms with Gasteiger partial charge < -0.3 is 4.98 Å². The Labute approximate surface area is 102 Å². The molecule has 0 unspecified atom stereocenters. The number of H-pyrrole nitrogens is 1. The Morgan fingerprint density at radius 1 is 0.938 bits per heavy atom. The van der Waals surface area contributed by atoms with Crippen molar-refractivity contribution in [3.05, 3.63) is 52.5 Å². The Balaban J connectivity index is 2.22. The molecule has 0 saturated heterocycles. The summed E-state index contributed by atoms with van der Waals surface area (Å²) >= 11 is 6.75. The Bertz CT molecular complexity index is 680. The largest absolute Gasteiger partial charge is 0.337 e. The van der Waals surface area contributed by atoms with Gasteiger partial charge in [-0.05, 0) is 35.5 Å². The van der Waals surface area contributed by atoms with E-state index < -0.39 is 0 Å². The minimum Gasteiger partial charge on any atom is -0.337 e. The zero-order valence-electron chi connectivity index (χ0n) is 8.44. The SMILES string of the molecule is S=c1[nH]c2cc(-c3ccccc3)ccc2s1. The molecular formula is C13H9NS2. The molecule has 2 aromatic carbocycles. The molecule has 0 radical (unpaired) electrons. The van der Waals surface area contributed by atoms with Gasteiger partial charge in [0.2, 0.25) is 0 Å². The van der Waals surface area contributed by atoms with Crippen LogP contribution in [0.4, 0.5) is 0 Å². The standard InChI is InChI=1S/C13H9NS2/c15-13-14-11-8-10(6-7-12(11)16-13)9-4-2-1-3-5-9/h1-8H,(H,14,15). The minimum absolute atomic E-state index is 0.834. The summed E-state index contributed by atoms with van der Waals surface area (Å²) in [5.41, 5.74) is 3.57. The van der Waals surface area contributed by atoms with Gasteiger partial charge in [0, 0.05) is 0 Å². The van der Waals surface area contributed by atoms with E-state index >= 15 is 0 Å². The number of hydrogen-bond donors (Lipinski definition) is 1. The normalized spacial score (nSPS) is 10.8. The van der Waals surface area contributed by atoms with Crippen molar-refractivity contribution in [3.63, 3.8) is 0 Å². The van der Waals surface area contributed by atoms with Gasteiger partial charge in [0.15, 0.2) is 3.95 Å². The quantitative estimate of drug-likeness (QED) is 0.616. The van der Waals surface area contributed by atoms with Crippen molar-refractivity contribution in [2.45, 2.75) is 0 Å². The molecule has 0 amide bonds. The lowest BCUT2D eigenvalue weighted by molar-refractivity contribution is 1.47. The summed E-state index contributed by atoms with van der Waals surface area (Å²) < 4.78 is 2.05. The van der Waals surface area contributed by atoms with Gasteiger partial charge in [-0.1, -0.05) is 36.4 Å². The van der Waals surface area contributed by atoms with E-state index in [0.717, 1.165) is 9.47 Å². The zero-order chi connectivity index (χ0) is 11.0. The molecule has 0 fully saturated rings. The van der Waals surface area contributed by atoms with Gasteiger partial charge in [-0.25, -0.2) is 0 Å². The molecule has 16 heavy (non-hydrogen) atoms. The molecule has 0 aliphatic heterocycles. The van der Waals surface area contributed by atoms with E-state index in [0.29, 0.717) is 0 Å². The monoisotopic (exact) mass is 243 g/mol. The van der Waals surface area contributed by atoms with E-state index in [1.54, 1.807) is 11.3 Å². The molecule has 0 atom stereocenters. The lowest BCUT2D eigenvalue weighted by atomic mass is 10.1. The maximum atomic E-state index is 5.14. The number of rotatable bonds is 1. The third-order valence-electron chi connectivity index (χ3n) is 2.53. The Morgan fingerprint density at radius 3 is 2.56 bits per heavy atom. The number of benzene rings is 2. The van der Waals surface area contributed by atoms with Gasteiger partial charge >= 0.3 is 0 Å². The van der Waals surface area contributed by atoms with Crippen LogP contribution in [0.25, 0.3) is 21.3 Å². The van der Waals surface area contributed by atoms with Crippen molar-refractivity contribution >= 4 is 33.8 Å². The summed E-state index contributed by atoms with van der Waals surface area (Å²) in [6.45, 7) is 0. The van der Waals surface area contributed by atoms with E-state index in [4.69, 9.17) is 12.2 Å². The second kappa shape index (κ2) is 3.85. The lowest BCUT2D eigenvalue weighted by Gasteiger charge is -2.00.